The zero-order valence-corrected chi connectivity index (χ0v) is 11.5. The van der Waals surface area contributed by atoms with Gasteiger partial charge in [-0.25, -0.2) is 0 Å². The van der Waals surface area contributed by atoms with Gasteiger partial charge in [0.15, 0.2) is 11.5 Å². The van der Waals surface area contributed by atoms with Gasteiger partial charge in [-0.05, 0) is 31.4 Å². The SMILES string of the molecule is NCCN(C(=O)c1cccc2c1OCCO2)C1CCC1. The van der Waals surface area contributed by atoms with Gasteiger partial charge in [-0.15, -0.1) is 0 Å². The number of hydrogen-bond acceptors (Lipinski definition) is 4. The smallest absolute Gasteiger partial charge is 0.258 e. The number of nitrogens with zero attached hydrogens (tertiary/aromatic N) is 1. The maximum atomic E-state index is 12.8. The van der Waals surface area contributed by atoms with Crippen molar-refractivity contribution in [3.05, 3.63) is 23.8 Å². The Morgan fingerprint density at radius 1 is 1.30 bits per heavy atom. The maximum absolute atomic E-state index is 12.8. The fourth-order valence-corrected chi connectivity index (χ4v) is 2.68. The minimum atomic E-state index is 0.00231. The first-order valence-corrected chi connectivity index (χ1v) is 7.21. The Morgan fingerprint density at radius 2 is 2.10 bits per heavy atom. The van der Waals surface area contributed by atoms with Gasteiger partial charge in [0.25, 0.3) is 5.91 Å². The van der Waals surface area contributed by atoms with Crippen molar-refractivity contribution in [1.82, 2.24) is 4.90 Å². The van der Waals surface area contributed by atoms with Crippen LogP contribution < -0.4 is 15.2 Å². The predicted octanol–water partition coefficient (Wildman–Crippen LogP) is 1.41. The van der Waals surface area contributed by atoms with Gasteiger partial charge in [0.1, 0.15) is 13.2 Å². The van der Waals surface area contributed by atoms with Crippen LogP contribution in [0.4, 0.5) is 0 Å². The minimum absolute atomic E-state index is 0.00231. The van der Waals surface area contributed by atoms with E-state index in [4.69, 9.17) is 15.2 Å². The summed E-state index contributed by atoms with van der Waals surface area (Å²) in [6, 6.07) is 5.80. The van der Waals surface area contributed by atoms with Crippen molar-refractivity contribution in [1.29, 1.82) is 0 Å². The number of carbonyl (C=O) groups is 1. The Morgan fingerprint density at radius 3 is 2.80 bits per heavy atom. The van der Waals surface area contributed by atoms with Gasteiger partial charge in [-0.2, -0.15) is 0 Å². The number of hydrogen-bond donors (Lipinski definition) is 1. The van der Waals surface area contributed by atoms with Crippen LogP contribution in [0.5, 0.6) is 11.5 Å². The zero-order chi connectivity index (χ0) is 13.9. The van der Waals surface area contributed by atoms with E-state index in [1.54, 1.807) is 6.07 Å². The monoisotopic (exact) mass is 276 g/mol. The average molecular weight is 276 g/mol. The molecule has 0 atom stereocenters. The van der Waals surface area contributed by atoms with Crippen LogP contribution >= 0.6 is 0 Å². The molecular formula is C15H20N2O3. The lowest BCUT2D eigenvalue weighted by atomic mass is 9.91. The number of fused-ring (bicyclic) bond motifs is 1. The van der Waals surface area contributed by atoms with Gasteiger partial charge < -0.3 is 20.1 Å². The molecule has 3 rings (SSSR count). The van der Waals surface area contributed by atoms with E-state index >= 15 is 0 Å². The minimum Gasteiger partial charge on any atom is -0.486 e. The molecule has 108 valence electrons. The third kappa shape index (κ3) is 2.33. The predicted molar refractivity (Wildman–Crippen MR) is 75.2 cm³/mol. The van der Waals surface area contributed by atoms with Gasteiger partial charge in [0, 0.05) is 19.1 Å². The van der Waals surface area contributed by atoms with Crippen LogP contribution in [-0.4, -0.2) is 43.2 Å². The van der Waals surface area contributed by atoms with Crippen LogP contribution in [-0.2, 0) is 0 Å². The van der Waals surface area contributed by atoms with Gasteiger partial charge >= 0.3 is 0 Å². The van der Waals surface area contributed by atoms with Crippen molar-refractivity contribution in [3.8, 4) is 11.5 Å². The van der Waals surface area contributed by atoms with Gasteiger partial charge in [0.05, 0.1) is 5.56 Å². The molecule has 1 aromatic rings. The summed E-state index contributed by atoms with van der Waals surface area (Å²) < 4.78 is 11.2. The number of benzene rings is 1. The van der Waals surface area contributed by atoms with Gasteiger partial charge in [-0.1, -0.05) is 6.07 Å². The number of amides is 1. The Labute approximate surface area is 118 Å². The first-order chi connectivity index (χ1) is 9.81. The highest BCUT2D eigenvalue weighted by Gasteiger charge is 2.31. The number of nitrogens with two attached hydrogens (primary N) is 1. The molecule has 2 aliphatic rings. The number of rotatable bonds is 4. The van der Waals surface area contributed by atoms with Crippen LogP contribution in [0.25, 0.3) is 0 Å². The second-order valence-corrected chi connectivity index (χ2v) is 5.20. The van der Waals surface area contributed by atoms with E-state index in [0.717, 1.165) is 12.8 Å². The zero-order valence-electron chi connectivity index (χ0n) is 11.5. The molecule has 1 aliphatic carbocycles. The van der Waals surface area contributed by atoms with Crippen molar-refractivity contribution in [2.75, 3.05) is 26.3 Å². The molecule has 0 saturated heterocycles. The van der Waals surface area contributed by atoms with E-state index in [9.17, 15) is 4.79 Å². The van der Waals surface area contributed by atoms with Crippen molar-refractivity contribution in [2.24, 2.45) is 5.73 Å². The molecule has 2 N–H and O–H groups in total. The molecule has 1 saturated carbocycles. The van der Waals surface area contributed by atoms with Crippen LogP contribution in [0.1, 0.15) is 29.6 Å². The summed E-state index contributed by atoms with van der Waals surface area (Å²) in [5.41, 5.74) is 6.24. The molecule has 0 radical (unpaired) electrons. The summed E-state index contributed by atoms with van der Waals surface area (Å²) >= 11 is 0. The van der Waals surface area contributed by atoms with Gasteiger partial charge in [-0.3, -0.25) is 4.79 Å². The molecule has 0 spiro atoms. The van der Waals surface area contributed by atoms with Crippen molar-refractivity contribution < 1.29 is 14.3 Å². The summed E-state index contributed by atoms with van der Waals surface area (Å²) in [4.78, 5) is 14.7. The van der Waals surface area contributed by atoms with E-state index < -0.39 is 0 Å². The topological polar surface area (TPSA) is 64.8 Å². The molecule has 1 amide bonds. The average Bonchev–Trinajstić information content (AvgIpc) is 2.43. The normalized spacial score (nSPS) is 17.4. The van der Waals surface area contributed by atoms with Crippen molar-refractivity contribution >= 4 is 5.91 Å². The molecule has 0 unspecified atom stereocenters. The lowest BCUT2D eigenvalue weighted by Gasteiger charge is -2.38. The quantitative estimate of drug-likeness (QED) is 0.903. The van der Waals surface area contributed by atoms with E-state index in [2.05, 4.69) is 0 Å². The Balaban J connectivity index is 1.88. The van der Waals surface area contributed by atoms with Crippen molar-refractivity contribution in [3.63, 3.8) is 0 Å². The molecule has 0 aromatic heterocycles. The third-order valence-corrected chi connectivity index (χ3v) is 3.94. The van der Waals surface area contributed by atoms with E-state index in [1.807, 2.05) is 17.0 Å². The highest BCUT2D eigenvalue weighted by molar-refractivity contribution is 5.98. The fraction of sp³-hybridized carbons (Fsp3) is 0.533. The third-order valence-electron chi connectivity index (χ3n) is 3.94. The molecule has 1 aromatic carbocycles. The molecule has 0 bridgehead atoms. The van der Waals surface area contributed by atoms with Crippen LogP contribution in [0.2, 0.25) is 0 Å². The Hall–Kier alpha value is -1.75. The number of ether oxygens (including phenoxy) is 2. The molecule has 1 heterocycles. The van der Waals surface area contributed by atoms with Gasteiger partial charge in [0.2, 0.25) is 0 Å². The highest BCUT2D eigenvalue weighted by Crippen LogP contribution is 2.35. The molecule has 1 fully saturated rings. The summed E-state index contributed by atoms with van der Waals surface area (Å²) in [5, 5.41) is 0. The second kappa shape index (κ2) is 5.71. The van der Waals surface area contributed by atoms with Crippen LogP contribution in [0, 0.1) is 0 Å². The largest absolute Gasteiger partial charge is 0.486 e. The summed E-state index contributed by atoms with van der Waals surface area (Å²) in [7, 11) is 0. The molecule has 5 nitrogen and oxygen atoms in total. The summed E-state index contributed by atoms with van der Waals surface area (Å²) in [6.45, 7) is 2.08. The number of para-hydroxylation sites is 1. The fourth-order valence-electron chi connectivity index (χ4n) is 2.68. The molecule has 1 aliphatic heterocycles. The van der Waals surface area contributed by atoms with E-state index in [-0.39, 0.29) is 5.91 Å². The van der Waals surface area contributed by atoms with Crippen molar-refractivity contribution in [2.45, 2.75) is 25.3 Å². The molecule has 5 heteroatoms. The highest BCUT2D eigenvalue weighted by atomic mass is 16.6. The maximum Gasteiger partial charge on any atom is 0.258 e. The summed E-state index contributed by atoms with van der Waals surface area (Å²) in [5.74, 6) is 1.23. The number of carbonyl (C=O) groups excluding carboxylic acids is 1. The first kappa shape index (κ1) is 13.2. The second-order valence-electron chi connectivity index (χ2n) is 5.20. The van der Waals surface area contributed by atoms with E-state index in [1.165, 1.54) is 6.42 Å². The lowest BCUT2D eigenvalue weighted by Crippen LogP contribution is -2.46. The Bertz CT molecular complexity index is 500. The Kier molecular flexibility index (Phi) is 3.78. The van der Waals surface area contributed by atoms with E-state index in [0.29, 0.717) is 49.4 Å². The molecule has 20 heavy (non-hydrogen) atoms. The first-order valence-electron chi connectivity index (χ1n) is 7.21. The lowest BCUT2D eigenvalue weighted by molar-refractivity contribution is 0.0579. The van der Waals surface area contributed by atoms with Crippen LogP contribution in [0.15, 0.2) is 18.2 Å². The van der Waals surface area contributed by atoms with Crippen LogP contribution in [0.3, 0.4) is 0 Å². The standard InChI is InChI=1S/C15H20N2O3/c16-7-8-17(11-3-1-4-11)15(18)12-5-2-6-13-14(12)20-10-9-19-13/h2,5-6,11H,1,3-4,7-10,16H2. The molecular weight excluding hydrogens is 256 g/mol. The summed E-state index contributed by atoms with van der Waals surface area (Å²) in [6.07, 6.45) is 3.32.